The average Bonchev–Trinajstić information content (AvgIpc) is 2.38. The summed E-state index contributed by atoms with van der Waals surface area (Å²) in [6.07, 6.45) is 2.26. The van der Waals surface area contributed by atoms with Crippen LogP contribution in [-0.2, 0) is 11.2 Å². The molecule has 0 atom stereocenters. The van der Waals surface area contributed by atoms with E-state index in [1.54, 1.807) is 0 Å². The summed E-state index contributed by atoms with van der Waals surface area (Å²) in [6.45, 7) is 4.04. The molecule has 0 saturated heterocycles. The van der Waals surface area contributed by atoms with Crippen LogP contribution in [0.2, 0.25) is 0 Å². The molecule has 0 aliphatic carbocycles. The molecule has 0 fully saturated rings. The highest BCUT2D eigenvalue weighted by molar-refractivity contribution is 5.75. The van der Waals surface area contributed by atoms with Crippen LogP contribution >= 0.6 is 0 Å². The van der Waals surface area contributed by atoms with Crippen LogP contribution in [0.5, 0.6) is 0 Å². The number of nitriles is 1. The van der Waals surface area contributed by atoms with Crippen molar-refractivity contribution in [2.24, 2.45) is 5.41 Å². The second-order valence-corrected chi connectivity index (χ2v) is 5.11. The summed E-state index contributed by atoms with van der Waals surface area (Å²) in [5.41, 5.74) is 0.761. The lowest BCUT2D eigenvalue weighted by atomic mass is 9.96. The van der Waals surface area contributed by atoms with E-state index in [4.69, 9.17) is 5.26 Å². The van der Waals surface area contributed by atoms with Crippen LogP contribution in [0, 0.1) is 16.7 Å². The van der Waals surface area contributed by atoms with Crippen LogP contribution in [0.1, 0.15) is 32.3 Å². The van der Waals surface area contributed by atoms with Gasteiger partial charge in [-0.15, -0.1) is 0 Å². The molecule has 0 spiro atoms. The lowest BCUT2D eigenvalue weighted by Crippen LogP contribution is -2.32. The van der Waals surface area contributed by atoms with E-state index >= 15 is 0 Å². The minimum atomic E-state index is -0.491. The summed E-state index contributed by atoms with van der Waals surface area (Å²) in [6, 6.07) is 12.3. The Kier molecular flexibility index (Phi) is 5.38. The van der Waals surface area contributed by atoms with Gasteiger partial charge in [-0.25, -0.2) is 0 Å². The Morgan fingerprint density at radius 2 is 2.00 bits per heavy atom. The van der Waals surface area contributed by atoms with E-state index in [2.05, 4.69) is 23.5 Å². The predicted octanol–water partition coefficient (Wildman–Crippen LogP) is 2.68. The molecule has 1 rings (SSSR count). The van der Waals surface area contributed by atoms with Crippen molar-refractivity contribution in [1.82, 2.24) is 5.32 Å². The molecule has 0 aliphatic heterocycles. The molecule has 1 aromatic carbocycles. The molecule has 1 amide bonds. The molecule has 3 nitrogen and oxygen atoms in total. The van der Waals surface area contributed by atoms with Crippen molar-refractivity contribution in [3.8, 4) is 6.07 Å². The first kappa shape index (κ1) is 14.2. The molecular weight excluding hydrogens is 224 g/mol. The van der Waals surface area contributed by atoms with Crippen molar-refractivity contribution in [1.29, 1.82) is 5.26 Å². The van der Waals surface area contributed by atoms with Gasteiger partial charge in [0.15, 0.2) is 0 Å². The third kappa shape index (κ3) is 5.49. The number of nitrogens with one attached hydrogen (secondary N) is 1. The van der Waals surface area contributed by atoms with Crippen molar-refractivity contribution < 1.29 is 4.79 Å². The number of carbonyl (C=O) groups is 1. The maximum absolute atomic E-state index is 11.6. The highest BCUT2D eigenvalue weighted by Gasteiger charge is 2.17. The standard InChI is InChI=1S/C15H20N2O/c1-15(2,11-16)12-17-14(18)10-6-9-13-7-4-3-5-8-13/h3-5,7-8H,6,9-10,12H2,1-2H3,(H,17,18). The quantitative estimate of drug-likeness (QED) is 0.836. The first-order valence-electron chi connectivity index (χ1n) is 6.25. The number of nitrogens with zero attached hydrogens (tertiary/aromatic N) is 1. The van der Waals surface area contributed by atoms with E-state index in [0.29, 0.717) is 13.0 Å². The largest absolute Gasteiger partial charge is 0.355 e. The zero-order valence-electron chi connectivity index (χ0n) is 11.1. The molecule has 0 heterocycles. The van der Waals surface area contributed by atoms with Crippen molar-refractivity contribution in [2.75, 3.05) is 6.54 Å². The van der Waals surface area contributed by atoms with Gasteiger partial charge in [-0.1, -0.05) is 30.3 Å². The number of aryl methyl sites for hydroxylation is 1. The number of rotatable bonds is 6. The van der Waals surface area contributed by atoms with E-state index in [0.717, 1.165) is 12.8 Å². The number of benzene rings is 1. The van der Waals surface area contributed by atoms with Crippen LogP contribution in [0.15, 0.2) is 30.3 Å². The maximum Gasteiger partial charge on any atom is 0.220 e. The molecule has 0 unspecified atom stereocenters. The van der Waals surface area contributed by atoms with Crippen LogP contribution in [0.3, 0.4) is 0 Å². The van der Waals surface area contributed by atoms with Gasteiger partial charge in [-0.3, -0.25) is 4.79 Å². The first-order chi connectivity index (χ1) is 8.53. The average molecular weight is 244 g/mol. The van der Waals surface area contributed by atoms with E-state index in [1.165, 1.54) is 5.56 Å². The molecule has 18 heavy (non-hydrogen) atoms. The third-order valence-corrected chi connectivity index (χ3v) is 2.74. The van der Waals surface area contributed by atoms with E-state index < -0.39 is 5.41 Å². The van der Waals surface area contributed by atoms with Gasteiger partial charge in [0, 0.05) is 13.0 Å². The normalized spacial score (nSPS) is 10.7. The molecule has 1 N–H and O–H groups in total. The second-order valence-electron chi connectivity index (χ2n) is 5.11. The molecule has 0 radical (unpaired) electrons. The van der Waals surface area contributed by atoms with Crippen molar-refractivity contribution in [3.05, 3.63) is 35.9 Å². The molecule has 3 heteroatoms. The SMILES string of the molecule is CC(C)(C#N)CNC(=O)CCCc1ccccc1. The summed E-state index contributed by atoms with van der Waals surface area (Å²) >= 11 is 0. The minimum absolute atomic E-state index is 0.0225. The van der Waals surface area contributed by atoms with E-state index in [1.807, 2.05) is 32.0 Å². The van der Waals surface area contributed by atoms with Gasteiger partial charge in [0.25, 0.3) is 0 Å². The lowest BCUT2D eigenvalue weighted by Gasteiger charge is -2.15. The molecule has 96 valence electrons. The van der Waals surface area contributed by atoms with E-state index in [9.17, 15) is 4.79 Å². The minimum Gasteiger partial charge on any atom is -0.355 e. The van der Waals surface area contributed by atoms with Crippen LogP contribution in [0.25, 0.3) is 0 Å². The smallest absolute Gasteiger partial charge is 0.220 e. The third-order valence-electron chi connectivity index (χ3n) is 2.74. The Hall–Kier alpha value is -1.82. The van der Waals surface area contributed by atoms with Crippen LogP contribution in [0.4, 0.5) is 0 Å². The van der Waals surface area contributed by atoms with Crippen LogP contribution in [-0.4, -0.2) is 12.5 Å². The van der Waals surface area contributed by atoms with Gasteiger partial charge >= 0.3 is 0 Å². The first-order valence-corrected chi connectivity index (χ1v) is 6.25. The topological polar surface area (TPSA) is 52.9 Å². The van der Waals surface area contributed by atoms with Crippen LogP contribution < -0.4 is 5.32 Å². The van der Waals surface area contributed by atoms with Gasteiger partial charge in [-0.2, -0.15) is 5.26 Å². The van der Waals surface area contributed by atoms with Crippen molar-refractivity contribution >= 4 is 5.91 Å². The fourth-order valence-corrected chi connectivity index (χ4v) is 1.55. The highest BCUT2D eigenvalue weighted by atomic mass is 16.1. The Balaban J connectivity index is 2.21. The fourth-order valence-electron chi connectivity index (χ4n) is 1.55. The zero-order chi connectivity index (χ0) is 13.4. The second kappa shape index (κ2) is 6.80. The lowest BCUT2D eigenvalue weighted by molar-refractivity contribution is -0.121. The number of hydrogen-bond acceptors (Lipinski definition) is 2. The summed E-state index contributed by atoms with van der Waals surface area (Å²) in [5, 5.41) is 11.6. The number of carbonyl (C=O) groups excluding carboxylic acids is 1. The Labute approximate surface area is 109 Å². The summed E-state index contributed by atoms with van der Waals surface area (Å²) < 4.78 is 0. The molecule has 0 aromatic heterocycles. The monoisotopic (exact) mass is 244 g/mol. The maximum atomic E-state index is 11.6. The summed E-state index contributed by atoms with van der Waals surface area (Å²) in [5.74, 6) is 0.0225. The summed E-state index contributed by atoms with van der Waals surface area (Å²) in [4.78, 5) is 11.6. The number of amides is 1. The van der Waals surface area contributed by atoms with Gasteiger partial charge in [0.2, 0.25) is 5.91 Å². The molecule has 0 saturated carbocycles. The molecule has 0 bridgehead atoms. The summed E-state index contributed by atoms with van der Waals surface area (Å²) in [7, 11) is 0. The Morgan fingerprint density at radius 1 is 1.33 bits per heavy atom. The Morgan fingerprint density at radius 3 is 2.61 bits per heavy atom. The van der Waals surface area contributed by atoms with Crippen molar-refractivity contribution in [3.63, 3.8) is 0 Å². The Bertz CT molecular complexity index is 418. The molecule has 0 aliphatic rings. The van der Waals surface area contributed by atoms with Gasteiger partial charge < -0.3 is 5.32 Å². The van der Waals surface area contributed by atoms with Crippen molar-refractivity contribution in [2.45, 2.75) is 33.1 Å². The highest BCUT2D eigenvalue weighted by Crippen LogP contribution is 2.11. The van der Waals surface area contributed by atoms with Gasteiger partial charge in [0.05, 0.1) is 11.5 Å². The molecule has 1 aromatic rings. The van der Waals surface area contributed by atoms with E-state index in [-0.39, 0.29) is 5.91 Å². The fraction of sp³-hybridized carbons (Fsp3) is 0.467. The van der Waals surface area contributed by atoms with Gasteiger partial charge in [0.1, 0.15) is 0 Å². The molecular formula is C15H20N2O. The number of hydrogen-bond donors (Lipinski definition) is 1. The van der Waals surface area contributed by atoms with Gasteiger partial charge in [-0.05, 0) is 32.3 Å². The zero-order valence-corrected chi connectivity index (χ0v) is 11.1. The predicted molar refractivity (Wildman–Crippen MR) is 71.8 cm³/mol.